The molecule has 1 aromatic carbocycles. The van der Waals surface area contributed by atoms with Crippen LogP contribution in [0.4, 0.5) is 0 Å². The Bertz CT molecular complexity index is 661. The Kier molecular flexibility index (Phi) is 9.01. The quantitative estimate of drug-likeness (QED) is 0.339. The number of ether oxygens (including phenoxy) is 1. The van der Waals surface area contributed by atoms with Crippen LogP contribution in [0.2, 0.25) is 0 Å². The van der Waals surface area contributed by atoms with E-state index in [1.54, 1.807) is 6.08 Å². The third-order valence-electron chi connectivity index (χ3n) is 4.84. The summed E-state index contributed by atoms with van der Waals surface area (Å²) in [5.74, 6) is 0.00933. The van der Waals surface area contributed by atoms with Gasteiger partial charge < -0.3 is 14.7 Å². The van der Waals surface area contributed by atoms with E-state index < -0.39 is 6.10 Å². The Labute approximate surface area is 169 Å². The number of methoxy groups -OCH3 is 1. The maximum absolute atomic E-state index is 12.2. The first kappa shape index (κ1) is 21.6. The summed E-state index contributed by atoms with van der Waals surface area (Å²) in [5, 5.41) is 10.3. The van der Waals surface area contributed by atoms with Crippen molar-refractivity contribution in [3.8, 4) is 0 Å². The number of hydrogen-bond donors (Lipinski definition) is 1. The molecule has 1 saturated heterocycles. The van der Waals surface area contributed by atoms with Crippen LogP contribution in [0.25, 0.3) is 0 Å². The van der Waals surface area contributed by atoms with Crippen LogP contribution >= 0.6 is 15.9 Å². The second-order valence-corrected chi connectivity index (χ2v) is 7.73. The number of carbonyl (C=O) groups excluding carboxylic acids is 2. The van der Waals surface area contributed by atoms with Crippen molar-refractivity contribution in [2.75, 3.05) is 13.7 Å². The number of unbranched alkanes of at least 4 members (excludes halogenated alkanes) is 3. The summed E-state index contributed by atoms with van der Waals surface area (Å²) in [4.78, 5) is 25.1. The van der Waals surface area contributed by atoms with Crippen LogP contribution < -0.4 is 0 Å². The van der Waals surface area contributed by atoms with Crippen LogP contribution in [0.1, 0.15) is 56.6 Å². The average molecular weight is 438 g/mol. The standard InChI is InChI=1S/C21H28BrNO4/c1-27-21(26)9-4-2-3-5-14-23-18(11-13-20(23)25)10-12-19(24)16-7-6-8-17(22)15-16/h6-8,10,12,15,18-19,24H,2-5,9,11,13-14H2,1H3/b12-10+/t18-,19?/m0/s1. The lowest BCUT2D eigenvalue weighted by atomic mass is 10.1. The summed E-state index contributed by atoms with van der Waals surface area (Å²) >= 11 is 3.41. The molecule has 1 unspecified atom stereocenters. The number of aliphatic hydroxyl groups excluding tert-OH is 1. The fourth-order valence-corrected chi connectivity index (χ4v) is 3.71. The molecule has 0 bridgehead atoms. The third kappa shape index (κ3) is 7.11. The SMILES string of the molecule is COC(=O)CCCCCCN1C(=O)CC[C@@H]1/C=C/C(O)c1cccc(Br)c1. The lowest BCUT2D eigenvalue weighted by Gasteiger charge is -2.22. The molecule has 0 radical (unpaired) electrons. The molecule has 1 aromatic rings. The largest absolute Gasteiger partial charge is 0.469 e. The number of halogens is 1. The highest BCUT2D eigenvalue weighted by Crippen LogP contribution is 2.24. The van der Waals surface area contributed by atoms with Gasteiger partial charge in [0, 0.05) is 23.9 Å². The Morgan fingerprint density at radius 2 is 2.15 bits per heavy atom. The van der Waals surface area contributed by atoms with Gasteiger partial charge in [-0.15, -0.1) is 0 Å². The minimum atomic E-state index is -0.682. The lowest BCUT2D eigenvalue weighted by Crippen LogP contribution is -2.32. The van der Waals surface area contributed by atoms with Crippen LogP contribution in [-0.2, 0) is 14.3 Å². The number of rotatable bonds is 10. The molecule has 1 aliphatic rings. The first-order valence-corrected chi connectivity index (χ1v) is 10.3. The van der Waals surface area contributed by atoms with Gasteiger partial charge in [-0.2, -0.15) is 0 Å². The minimum Gasteiger partial charge on any atom is -0.469 e. The van der Waals surface area contributed by atoms with E-state index in [0.717, 1.165) is 48.7 Å². The van der Waals surface area contributed by atoms with E-state index in [4.69, 9.17) is 0 Å². The molecule has 2 atom stereocenters. The number of amides is 1. The maximum Gasteiger partial charge on any atom is 0.305 e. The van der Waals surface area contributed by atoms with Crippen LogP contribution in [0.5, 0.6) is 0 Å². The Morgan fingerprint density at radius 3 is 2.89 bits per heavy atom. The Hall–Kier alpha value is -1.66. The van der Waals surface area contributed by atoms with Crippen molar-refractivity contribution in [3.05, 3.63) is 46.5 Å². The number of benzene rings is 1. The number of likely N-dealkylation sites (tertiary alicyclic amines) is 1. The summed E-state index contributed by atoms with van der Waals surface area (Å²) in [6, 6.07) is 7.63. The summed E-state index contributed by atoms with van der Waals surface area (Å²) < 4.78 is 5.56. The predicted molar refractivity (Wildman–Crippen MR) is 108 cm³/mol. The Morgan fingerprint density at radius 1 is 1.37 bits per heavy atom. The van der Waals surface area contributed by atoms with E-state index in [2.05, 4.69) is 20.7 Å². The molecule has 0 aromatic heterocycles. The van der Waals surface area contributed by atoms with E-state index >= 15 is 0 Å². The summed E-state index contributed by atoms with van der Waals surface area (Å²) in [7, 11) is 1.41. The predicted octanol–water partition coefficient (Wildman–Crippen LogP) is 4.15. The van der Waals surface area contributed by atoms with Crippen LogP contribution in [0.15, 0.2) is 40.9 Å². The van der Waals surface area contributed by atoms with Gasteiger partial charge in [-0.25, -0.2) is 0 Å². The van der Waals surface area contributed by atoms with Gasteiger partial charge in [0.1, 0.15) is 0 Å². The van der Waals surface area contributed by atoms with Gasteiger partial charge in [0.2, 0.25) is 5.91 Å². The van der Waals surface area contributed by atoms with Crippen molar-refractivity contribution in [1.29, 1.82) is 0 Å². The van der Waals surface area contributed by atoms with Gasteiger partial charge in [-0.05, 0) is 37.0 Å². The molecule has 148 valence electrons. The van der Waals surface area contributed by atoms with E-state index in [1.165, 1.54) is 7.11 Å². The van der Waals surface area contributed by atoms with Gasteiger partial charge in [-0.1, -0.05) is 53.1 Å². The molecule has 2 rings (SSSR count). The monoisotopic (exact) mass is 437 g/mol. The molecule has 5 nitrogen and oxygen atoms in total. The molecular formula is C21H28BrNO4. The first-order chi connectivity index (χ1) is 13.0. The average Bonchev–Trinajstić information content (AvgIpc) is 3.02. The summed E-state index contributed by atoms with van der Waals surface area (Å²) in [6.45, 7) is 0.721. The highest BCUT2D eigenvalue weighted by Gasteiger charge is 2.28. The molecule has 27 heavy (non-hydrogen) atoms. The first-order valence-electron chi connectivity index (χ1n) is 9.49. The van der Waals surface area contributed by atoms with E-state index in [0.29, 0.717) is 12.8 Å². The number of nitrogens with zero attached hydrogens (tertiary/aromatic N) is 1. The molecule has 6 heteroatoms. The van der Waals surface area contributed by atoms with Crippen molar-refractivity contribution in [3.63, 3.8) is 0 Å². The van der Waals surface area contributed by atoms with Crippen LogP contribution in [0.3, 0.4) is 0 Å². The molecule has 1 amide bonds. The van der Waals surface area contributed by atoms with Crippen molar-refractivity contribution >= 4 is 27.8 Å². The number of carbonyl (C=O) groups is 2. The zero-order valence-corrected chi connectivity index (χ0v) is 17.4. The molecule has 1 aliphatic heterocycles. The van der Waals surface area contributed by atoms with Crippen molar-refractivity contribution in [1.82, 2.24) is 4.90 Å². The third-order valence-corrected chi connectivity index (χ3v) is 5.33. The van der Waals surface area contributed by atoms with Crippen molar-refractivity contribution in [2.45, 2.75) is 57.1 Å². The zero-order chi connectivity index (χ0) is 19.6. The zero-order valence-electron chi connectivity index (χ0n) is 15.8. The number of hydrogen-bond acceptors (Lipinski definition) is 4. The molecule has 0 spiro atoms. The highest BCUT2D eigenvalue weighted by molar-refractivity contribution is 9.10. The summed E-state index contributed by atoms with van der Waals surface area (Å²) in [6.07, 6.45) is 8.54. The van der Waals surface area contributed by atoms with Gasteiger partial charge in [-0.3, -0.25) is 9.59 Å². The van der Waals surface area contributed by atoms with E-state index in [9.17, 15) is 14.7 Å². The Balaban J connectivity index is 1.78. The van der Waals surface area contributed by atoms with Crippen LogP contribution in [0, 0.1) is 0 Å². The lowest BCUT2D eigenvalue weighted by molar-refractivity contribution is -0.140. The molecule has 1 N–H and O–H groups in total. The second-order valence-electron chi connectivity index (χ2n) is 6.82. The summed E-state index contributed by atoms with van der Waals surface area (Å²) in [5.41, 5.74) is 0.821. The van der Waals surface area contributed by atoms with Gasteiger partial charge in [0.25, 0.3) is 0 Å². The normalized spacial score (nSPS) is 18.3. The molecule has 0 aliphatic carbocycles. The van der Waals surface area contributed by atoms with E-state index in [-0.39, 0.29) is 17.9 Å². The maximum atomic E-state index is 12.2. The number of esters is 1. The topological polar surface area (TPSA) is 66.8 Å². The van der Waals surface area contributed by atoms with Crippen molar-refractivity contribution in [2.24, 2.45) is 0 Å². The molecular weight excluding hydrogens is 410 g/mol. The van der Waals surface area contributed by atoms with Gasteiger partial charge >= 0.3 is 5.97 Å². The molecule has 1 heterocycles. The fourth-order valence-electron chi connectivity index (χ4n) is 3.29. The molecule has 1 fully saturated rings. The highest BCUT2D eigenvalue weighted by atomic mass is 79.9. The van der Waals surface area contributed by atoms with Gasteiger partial charge in [0.15, 0.2) is 0 Å². The smallest absolute Gasteiger partial charge is 0.305 e. The number of aliphatic hydroxyl groups is 1. The fraction of sp³-hybridized carbons (Fsp3) is 0.524. The second kappa shape index (κ2) is 11.2. The molecule has 0 saturated carbocycles. The minimum absolute atomic E-state index is 0.0503. The van der Waals surface area contributed by atoms with Crippen molar-refractivity contribution < 1.29 is 19.4 Å². The van der Waals surface area contributed by atoms with Crippen LogP contribution in [-0.4, -0.2) is 41.6 Å². The van der Waals surface area contributed by atoms with Gasteiger partial charge in [0.05, 0.1) is 19.3 Å². The van der Waals surface area contributed by atoms with E-state index in [1.807, 2.05) is 35.2 Å².